The van der Waals surface area contributed by atoms with Crippen molar-refractivity contribution in [3.05, 3.63) is 24.1 Å². The van der Waals surface area contributed by atoms with Gasteiger partial charge in [-0.25, -0.2) is 4.98 Å². The highest BCUT2D eigenvalue weighted by molar-refractivity contribution is 5.76. The van der Waals surface area contributed by atoms with Crippen LogP contribution in [0.3, 0.4) is 0 Å². The highest BCUT2D eigenvalue weighted by Crippen LogP contribution is 2.19. The van der Waals surface area contributed by atoms with E-state index in [1.54, 1.807) is 18.2 Å². The number of hydrogen-bond donors (Lipinski definition) is 3. The molecule has 2 rings (SSSR count). The topological polar surface area (TPSA) is 95.8 Å². The number of aliphatic hydroxyl groups is 2. The normalized spacial score (nSPS) is 11.5. The molecule has 6 heteroatoms. The highest BCUT2D eigenvalue weighted by atomic mass is 16.3. The van der Waals surface area contributed by atoms with Crippen LogP contribution in [0, 0.1) is 0 Å². The number of fused-ring (bicyclic) bond motifs is 1. The summed E-state index contributed by atoms with van der Waals surface area (Å²) in [6, 6.07) is 5.30. The van der Waals surface area contributed by atoms with Gasteiger partial charge >= 0.3 is 0 Å². The molecule has 0 unspecified atom stereocenters. The molecule has 2 aromatic rings. The van der Waals surface area contributed by atoms with E-state index in [0.29, 0.717) is 36.8 Å². The van der Waals surface area contributed by atoms with Crippen molar-refractivity contribution in [3.63, 3.8) is 0 Å². The standard InChI is InChI=1S/C12H17N3O3/c13-9-1-2-11-10(7-9)14-12(18-11)8-15(3-5-16)4-6-17/h1-2,7,16-17H,3-6,8,13H2. The fraction of sp³-hybridized carbons (Fsp3) is 0.417. The van der Waals surface area contributed by atoms with Crippen LogP contribution in [-0.4, -0.2) is 46.4 Å². The average molecular weight is 251 g/mol. The predicted molar refractivity (Wildman–Crippen MR) is 67.9 cm³/mol. The van der Waals surface area contributed by atoms with E-state index in [1.165, 1.54) is 0 Å². The summed E-state index contributed by atoms with van der Waals surface area (Å²) in [5, 5.41) is 17.9. The van der Waals surface area contributed by atoms with Crippen LogP contribution in [0.1, 0.15) is 5.89 Å². The minimum Gasteiger partial charge on any atom is -0.439 e. The van der Waals surface area contributed by atoms with Gasteiger partial charge in [-0.15, -0.1) is 0 Å². The molecule has 18 heavy (non-hydrogen) atoms. The van der Waals surface area contributed by atoms with E-state index in [9.17, 15) is 0 Å². The van der Waals surface area contributed by atoms with Crippen LogP contribution in [-0.2, 0) is 6.54 Å². The van der Waals surface area contributed by atoms with Gasteiger partial charge in [-0.2, -0.15) is 0 Å². The number of nitrogen functional groups attached to an aromatic ring is 1. The summed E-state index contributed by atoms with van der Waals surface area (Å²) >= 11 is 0. The zero-order valence-electron chi connectivity index (χ0n) is 10.0. The van der Waals surface area contributed by atoms with E-state index in [2.05, 4.69) is 4.98 Å². The van der Waals surface area contributed by atoms with Gasteiger partial charge in [0.25, 0.3) is 0 Å². The lowest BCUT2D eigenvalue weighted by atomic mass is 10.3. The fourth-order valence-corrected chi connectivity index (χ4v) is 1.80. The summed E-state index contributed by atoms with van der Waals surface area (Å²) in [5.41, 5.74) is 7.72. The van der Waals surface area contributed by atoms with Crippen molar-refractivity contribution < 1.29 is 14.6 Å². The third-order valence-electron chi connectivity index (χ3n) is 2.65. The van der Waals surface area contributed by atoms with Crippen LogP contribution in [0.5, 0.6) is 0 Å². The SMILES string of the molecule is Nc1ccc2oc(CN(CCO)CCO)nc2c1. The Balaban J connectivity index is 2.14. The molecule has 0 aliphatic rings. The summed E-state index contributed by atoms with van der Waals surface area (Å²) in [5.74, 6) is 0.553. The van der Waals surface area contributed by atoms with Gasteiger partial charge in [-0.1, -0.05) is 0 Å². The summed E-state index contributed by atoms with van der Waals surface area (Å²) in [6.07, 6.45) is 0. The molecule has 0 saturated carbocycles. The monoisotopic (exact) mass is 251 g/mol. The maximum Gasteiger partial charge on any atom is 0.209 e. The second-order valence-electron chi connectivity index (χ2n) is 4.06. The van der Waals surface area contributed by atoms with Gasteiger partial charge in [0.1, 0.15) is 5.52 Å². The Hall–Kier alpha value is -1.63. The third-order valence-corrected chi connectivity index (χ3v) is 2.65. The molecule has 0 radical (unpaired) electrons. The number of aromatic nitrogens is 1. The molecular weight excluding hydrogens is 234 g/mol. The number of anilines is 1. The van der Waals surface area contributed by atoms with Crippen LogP contribution in [0.25, 0.3) is 11.1 Å². The largest absolute Gasteiger partial charge is 0.439 e. The molecule has 0 aliphatic heterocycles. The van der Waals surface area contributed by atoms with Crippen molar-refractivity contribution in [3.8, 4) is 0 Å². The maximum absolute atomic E-state index is 8.93. The molecule has 1 heterocycles. The predicted octanol–water partition coefficient (Wildman–Crippen LogP) is 0.197. The molecule has 0 bridgehead atoms. The van der Waals surface area contributed by atoms with Crippen LogP contribution in [0.15, 0.2) is 22.6 Å². The number of aliphatic hydroxyl groups excluding tert-OH is 2. The first-order valence-electron chi connectivity index (χ1n) is 5.82. The summed E-state index contributed by atoms with van der Waals surface area (Å²) < 4.78 is 5.57. The van der Waals surface area contributed by atoms with Gasteiger partial charge in [0, 0.05) is 18.8 Å². The number of rotatable bonds is 6. The lowest BCUT2D eigenvalue weighted by molar-refractivity contribution is 0.147. The number of oxazole rings is 1. The molecule has 0 spiro atoms. The van der Waals surface area contributed by atoms with Crippen molar-refractivity contribution in [2.75, 3.05) is 32.0 Å². The molecule has 4 N–H and O–H groups in total. The molecule has 0 atom stereocenters. The van der Waals surface area contributed by atoms with Crippen LogP contribution in [0.2, 0.25) is 0 Å². The summed E-state index contributed by atoms with van der Waals surface area (Å²) in [6.45, 7) is 1.47. The summed E-state index contributed by atoms with van der Waals surface area (Å²) in [7, 11) is 0. The van der Waals surface area contributed by atoms with Crippen molar-refractivity contribution in [1.82, 2.24) is 9.88 Å². The lowest BCUT2D eigenvalue weighted by Crippen LogP contribution is -2.29. The Morgan fingerprint density at radius 2 is 1.94 bits per heavy atom. The zero-order chi connectivity index (χ0) is 13.0. The first-order valence-corrected chi connectivity index (χ1v) is 5.82. The molecule has 98 valence electrons. The second kappa shape index (κ2) is 5.81. The van der Waals surface area contributed by atoms with E-state index in [4.69, 9.17) is 20.4 Å². The first kappa shape index (κ1) is 12.8. The quantitative estimate of drug-likeness (QED) is 0.635. The number of hydrogen-bond acceptors (Lipinski definition) is 6. The highest BCUT2D eigenvalue weighted by Gasteiger charge is 2.11. The van der Waals surface area contributed by atoms with E-state index in [1.807, 2.05) is 4.90 Å². The Morgan fingerprint density at radius 1 is 1.22 bits per heavy atom. The minimum absolute atomic E-state index is 0.0349. The Labute approximate surface area is 105 Å². The molecule has 1 aromatic heterocycles. The number of nitrogens with two attached hydrogens (primary N) is 1. The molecule has 0 amide bonds. The fourth-order valence-electron chi connectivity index (χ4n) is 1.80. The molecule has 0 saturated heterocycles. The van der Waals surface area contributed by atoms with Gasteiger partial charge in [0.15, 0.2) is 5.58 Å². The van der Waals surface area contributed by atoms with Gasteiger partial charge in [0.2, 0.25) is 5.89 Å². The van der Waals surface area contributed by atoms with E-state index in [0.717, 1.165) is 5.52 Å². The Morgan fingerprint density at radius 3 is 2.61 bits per heavy atom. The number of benzene rings is 1. The van der Waals surface area contributed by atoms with Crippen LogP contribution < -0.4 is 5.73 Å². The third kappa shape index (κ3) is 2.98. The van der Waals surface area contributed by atoms with Gasteiger partial charge in [-0.3, -0.25) is 4.90 Å². The average Bonchev–Trinajstić information content (AvgIpc) is 2.71. The summed E-state index contributed by atoms with van der Waals surface area (Å²) in [4.78, 5) is 6.20. The molecule has 0 aliphatic carbocycles. The van der Waals surface area contributed by atoms with Crippen molar-refractivity contribution in [1.29, 1.82) is 0 Å². The maximum atomic E-state index is 8.93. The molecular formula is C12H17N3O3. The minimum atomic E-state index is 0.0349. The van der Waals surface area contributed by atoms with E-state index >= 15 is 0 Å². The second-order valence-corrected chi connectivity index (χ2v) is 4.06. The Bertz CT molecular complexity index is 506. The van der Waals surface area contributed by atoms with Gasteiger partial charge < -0.3 is 20.4 Å². The number of nitrogens with zero attached hydrogens (tertiary/aromatic N) is 2. The molecule has 6 nitrogen and oxygen atoms in total. The molecule has 0 fully saturated rings. The lowest BCUT2D eigenvalue weighted by Gasteiger charge is -2.17. The van der Waals surface area contributed by atoms with Gasteiger partial charge in [0.05, 0.1) is 19.8 Å². The molecule has 1 aromatic carbocycles. The van der Waals surface area contributed by atoms with Crippen molar-refractivity contribution in [2.45, 2.75) is 6.54 Å². The van der Waals surface area contributed by atoms with Crippen LogP contribution in [0.4, 0.5) is 5.69 Å². The van der Waals surface area contributed by atoms with Crippen LogP contribution >= 0.6 is 0 Å². The van der Waals surface area contributed by atoms with Crippen molar-refractivity contribution in [2.24, 2.45) is 0 Å². The Kier molecular flexibility index (Phi) is 4.14. The zero-order valence-corrected chi connectivity index (χ0v) is 10.0. The smallest absolute Gasteiger partial charge is 0.209 e. The first-order chi connectivity index (χ1) is 8.72. The van der Waals surface area contributed by atoms with E-state index < -0.39 is 0 Å². The van der Waals surface area contributed by atoms with E-state index in [-0.39, 0.29) is 13.2 Å². The van der Waals surface area contributed by atoms with Crippen molar-refractivity contribution >= 4 is 16.8 Å². The van der Waals surface area contributed by atoms with Gasteiger partial charge in [-0.05, 0) is 18.2 Å².